The quantitative estimate of drug-likeness (QED) is 0.744. The number of aliphatic hydroxyl groups is 2. The molecule has 1 aromatic heterocycles. The Kier molecular flexibility index (Phi) is 3.67. The van der Waals surface area contributed by atoms with Crippen molar-refractivity contribution >= 4 is 16.7 Å². The smallest absolute Gasteiger partial charge is 0.132 e. The Morgan fingerprint density at radius 3 is 2.80 bits per heavy atom. The van der Waals surface area contributed by atoms with Crippen LogP contribution in [0.2, 0.25) is 0 Å². The summed E-state index contributed by atoms with van der Waals surface area (Å²) in [7, 11) is 0. The Bertz CT molecular complexity index is 639. The van der Waals surface area contributed by atoms with Crippen molar-refractivity contribution in [1.29, 1.82) is 0 Å². The van der Waals surface area contributed by atoms with Crippen LogP contribution in [0.5, 0.6) is 0 Å². The van der Waals surface area contributed by atoms with Crippen LogP contribution in [0.1, 0.15) is 12.0 Å². The summed E-state index contributed by atoms with van der Waals surface area (Å²) in [5.74, 6) is 0.935. The lowest BCUT2D eigenvalue weighted by molar-refractivity contribution is 0.250. The van der Waals surface area contributed by atoms with E-state index in [4.69, 9.17) is 5.11 Å². The third kappa shape index (κ3) is 2.53. The highest BCUT2D eigenvalue weighted by molar-refractivity contribution is 5.81. The molecule has 0 saturated heterocycles. The lowest BCUT2D eigenvalue weighted by Gasteiger charge is -2.16. The van der Waals surface area contributed by atoms with Crippen molar-refractivity contribution in [2.24, 2.45) is 5.92 Å². The van der Waals surface area contributed by atoms with Crippen molar-refractivity contribution in [2.45, 2.75) is 19.1 Å². The van der Waals surface area contributed by atoms with Gasteiger partial charge in [-0.2, -0.15) is 0 Å². The molecular weight excluding hydrogens is 252 g/mol. The van der Waals surface area contributed by atoms with Gasteiger partial charge >= 0.3 is 0 Å². The molecule has 2 atom stereocenters. The maximum Gasteiger partial charge on any atom is 0.132 e. The molecule has 0 spiro atoms. The number of aliphatic hydroxyl groups excluding tert-OH is 2. The Morgan fingerprint density at radius 2 is 2.05 bits per heavy atom. The van der Waals surface area contributed by atoms with Gasteiger partial charge in [0.1, 0.15) is 5.82 Å². The highest BCUT2D eigenvalue weighted by atomic mass is 16.3. The zero-order chi connectivity index (χ0) is 13.9. The first kappa shape index (κ1) is 13.1. The molecule has 0 aliphatic heterocycles. The predicted molar refractivity (Wildman–Crippen MR) is 79.4 cm³/mol. The van der Waals surface area contributed by atoms with Crippen LogP contribution in [0, 0.1) is 5.92 Å². The molecule has 1 aromatic carbocycles. The third-order valence-electron chi connectivity index (χ3n) is 3.70. The molecule has 0 saturated carbocycles. The minimum absolute atomic E-state index is 0.0416. The van der Waals surface area contributed by atoms with E-state index in [1.807, 2.05) is 36.4 Å². The van der Waals surface area contributed by atoms with Gasteiger partial charge in [-0.25, -0.2) is 4.98 Å². The van der Waals surface area contributed by atoms with E-state index in [1.54, 1.807) is 0 Å². The van der Waals surface area contributed by atoms with Crippen LogP contribution >= 0.6 is 0 Å². The largest absolute Gasteiger partial charge is 0.396 e. The highest BCUT2D eigenvalue weighted by Gasteiger charge is 2.19. The number of aromatic nitrogens is 1. The van der Waals surface area contributed by atoms with Crippen molar-refractivity contribution in [3.05, 3.63) is 48.0 Å². The van der Waals surface area contributed by atoms with Crippen LogP contribution in [0.15, 0.2) is 42.5 Å². The molecule has 0 unspecified atom stereocenters. The van der Waals surface area contributed by atoms with E-state index in [-0.39, 0.29) is 25.2 Å². The van der Waals surface area contributed by atoms with Crippen molar-refractivity contribution in [2.75, 3.05) is 11.9 Å². The Balaban J connectivity index is 1.88. The molecular formula is C16H18N2O2. The average Bonchev–Trinajstić information content (AvgIpc) is 2.94. The van der Waals surface area contributed by atoms with E-state index in [9.17, 15) is 5.11 Å². The molecule has 1 aliphatic rings. The van der Waals surface area contributed by atoms with Gasteiger partial charge in [0.15, 0.2) is 0 Å². The third-order valence-corrected chi connectivity index (χ3v) is 3.70. The van der Waals surface area contributed by atoms with Crippen LogP contribution in [0.25, 0.3) is 10.9 Å². The molecule has 0 radical (unpaired) electrons. The number of nitrogens with zero attached hydrogens (tertiary/aromatic N) is 1. The fraction of sp³-hybridized carbons (Fsp3) is 0.312. The number of pyridine rings is 1. The molecule has 1 aliphatic carbocycles. The van der Waals surface area contributed by atoms with Crippen molar-refractivity contribution in [3.63, 3.8) is 0 Å². The summed E-state index contributed by atoms with van der Waals surface area (Å²) in [6.07, 6.45) is 4.94. The topological polar surface area (TPSA) is 65.4 Å². The van der Waals surface area contributed by atoms with Crippen molar-refractivity contribution in [3.8, 4) is 0 Å². The number of hydrogen-bond donors (Lipinski definition) is 3. The maximum absolute atomic E-state index is 9.51. The van der Waals surface area contributed by atoms with Gasteiger partial charge in [-0.1, -0.05) is 30.4 Å². The Hall–Kier alpha value is -1.91. The number of fused-ring (bicyclic) bond motifs is 1. The van der Waals surface area contributed by atoms with Crippen LogP contribution in [-0.2, 0) is 6.61 Å². The van der Waals surface area contributed by atoms with Crippen LogP contribution in [0.4, 0.5) is 5.82 Å². The summed E-state index contributed by atoms with van der Waals surface area (Å²) >= 11 is 0. The summed E-state index contributed by atoms with van der Waals surface area (Å²) in [4.78, 5) is 4.59. The zero-order valence-electron chi connectivity index (χ0n) is 11.2. The molecule has 0 amide bonds. The Morgan fingerprint density at radius 1 is 1.20 bits per heavy atom. The second-order valence-corrected chi connectivity index (χ2v) is 5.16. The normalized spacial score (nSPS) is 21.5. The average molecular weight is 270 g/mol. The molecule has 2 aromatic rings. The fourth-order valence-corrected chi connectivity index (χ4v) is 2.60. The molecule has 4 heteroatoms. The van der Waals surface area contributed by atoms with E-state index >= 15 is 0 Å². The molecule has 4 nitrogen and oxygen atoms in total. The maximum atomic E-state index is 9.51. The van der Waals surface area contributed by atoms with Crippen LogP contribution < -0.4 is 5.32 Å². The molecule has 104 valence electrons. The van der Waals surface area contributed by atoms with E-state index in [1.165, 1.54) is 0 Å². The number of hydrogen-bond acceptors (Lipinski definition) is 4. The predicted octanol–water partition coefficient (Wildman–Crippen LogP) is 2.08. The SMILES string of the molecule is OCc1cc2ccccc2nc1N[C@@H]1C=C[C@H](CO)C1. The molecule has 1 heterocycles. The molecule has 3 N–H and O–H groups in total. The zero-order valence-corrected chi connectivity index (χ0v) is 11.2. The minimum Gasteiger partial charge on any atom is -0.396 e. The van der Waals surface area contributed by atoms with Gasteiger partial charge in [-0.05, 0) is 18.6 Å². The van der Waals surface area contributed by atoms with Crippen LogP contribution in [-0.4, -0.2) is 27.8 Å². The number of benzene rings is 1. The summed E-state index contributed by atoms with van der Waals surface area (Å²) < 4.78 is 0. The monoisotopic (exact) mass is 270 g/mol. The Labute approximate surface area is 117 Å². The van der Waals surface area contributed by atoms with Crippen LogP contribution in [0.3, 0.4) is 0 Å². The number of rotatable bonds is 4. The van der Waals surface area contributed by atoms with Gasteiger partial charge in [-0.15, -0.1) is 0 Å². The summed E-state index contributed by atoms with van der Waals surface area (Å²) in [5, 5.41) is 23.0. The lowest BCUT2D eigenvalue weighted by Crippen LogP contribution is -2.18. The van der Waals surface area contributed by atoms with Crippen molar-refractivity contribution < 1.29 is 10.2 Å². The molecule has 3 rings (SSSR count). The standard InChI is InChI=1S/C16H18N2O2/c19-9-11-5-6-14(7-11)17-16-13(10-20)8-12-3-1-2-4-15(12)18-16/h1-6,8,11,14,19-20H,7,9-10H2,(H,17,18)/t11-,14+/m0/s1. The molecule has 0 fully saturated rings. The van der Waals surface area contributed by atoms with Gasteiger partial charge < -0.3 is 15.5 Å². The highest BCUT2D eigenvalue weighted by Crippen LogP contribution is 2.25. The van der Waals surface area contributed by atoms with Gasteiger partial charge in [0, 0.05) is 29.5 Å². The fourth-order valence-electron chi connectivity index (χ4n) is 2.60. The second-order valence-electron chi connectivity index (χ2n) is 5.16. The van der Waals surface area contributed by atoms with Gasteiger partial charge in [0.05, 0.1) is 12.1 Å². The van der Waals surface area contributed by atoms with E-state index < -0.39 is 0 Å². The first-order valence-electron chi connectivity index (χ1n) is 6.85. The van der Waals surface area contributed by atoms with Gasteiger partial charge in [0.2, 0.25) is 0 Å². The van der Waals surface area contributed by atoms with Gasteiger partial charge in [-0.3, -0.25) is 0 Å². The van der Waals surface area contributed by atoms with E-state index in [0.717, 1.165) is 28.7 Å². The molecule has 0 bridgehead atoms. The van der Waals surface area contributed by atoms with Crippen molar-refractivity contribution in [1.82, 2.24) is 4.98 Å². The summed E-state index contributed by atoms with van der Waals surface area (Å²) in [6, 6.07) is 9.99. The molecule has 20 heavy (non-hydrogen) atoms. The lowest BCUT2D eigenvalue weighted by atomic mass is 10.1. The minimum atomic E-state index is -0.0416. The summed E-state index contributed by atoms with van der Waals surface area (Å²) in [6.45, 7) is 0.132. The van der Waals surface area contributed by atoms with E-state index in [2.05, 4.69) is 16.4 Å². The first-order valence-corrected chi connectivity index (χ1v) is 6.85. The van der Waals surface area contributed by atoms with E-state index in [0.29, 0.717) is 0 Å². The number of nitrogens with one attached hydrogen (secondary N) is 1. The van der Waals surface area contributed by atoms with Gasteiger partial charge in [0.25, 0.3) is 0 Å². The summed E-state index contributed by atoms with van der Waals surface area (Å²) in [5.41, 5.74) is 1.71. The number of anilines is 1. The first-order chi connectivity index (χ1) is 9.80. The number of para-hydroxylation sites is 1. The second kappa shape index (κ2) is 5.61.